The Morgan fingerprint density at radius 2 is 2.00 bits per heavy atom. The van der Waals surface area contributed by atoms with Crippen molar-refractivity contribution in [1.82, 2.24) is 19.1 Å². The Balaban J connectivity index is 1.55. The molecule has 158 valence electrons. The lowest BCUT2D eigenvalue weighted by atomic mass is 9.95. The number of rotatable bonds is 4. The largest absolute Gasteiger partial charge is 0.338 e. The number of hydrogen-bond donors (Lipinski definition) is 2. The minimum atomic E-state index is -3.41. The maximum Gasteiger partial charge on any atom is 0.261 e. The van der Waals surface area contributed by atoms with Gasteiger partial charge in [-0.15, -0.1) is 0 Å². The average Bonchev–Trinajstić information content (AvgIpc) is 3.24. The molecule has 0 saturated heterocycles. The van der Waals surface area contributed by atoms with Gasteiger partial charge >= 0.3 is 0 Å². The van der Waals surface area contributed by atoms with E-state index in [1.165, 1.54) is 23.6 Å². The average molecular weight is 428 g/mol. The van der Waals surface area contributed by atoms with Crippen molar-refractivity contribution in [2.75, 3.05) is 11.9 Å². The molecule has 0 atom stereocenters. The quantitative estimate of drug-likeness (QED) is 0.664. The first-order chi connectivity index (χ1) is 14.5. The smallest absolute Gasteiger partial charge is 0.261 e. The van der Waals surface area contributed by atoms with Gasteiger partial charge in [-0.3, -0.25) is 9.48 Å². The summed E-state index contributed by atoms with van der Waals surface area (Å²) in [5, 5.41) is 8.58. The molecular formula is C21H25N5O3S. The van der Waals surface area contributed by atoms with Gasteiger partial charge in [-0.25, -0.2) is 8.42 Å². The highest BCUT2D eigenvalue weighted by Gasteiger charge is 2.33. The van der Waals surface area contributed by atoms with Gasteiger partial charge in [0, 0.05) is 25.0 Å². The van der Waals surface area contributed by atoms with E-state index in [1.54, 1.807) is 18.3 Å². The highest BCUT2D eigenvalue weighted by atomic mass is 32.2. The predicted molar refractivity (Wildman–Crippen MR) is 115 cm³/mol. The zero-order chi connectivity index (χ0) is 20.9. The Hall–Kier alpha value is -2.65. The predicted octanol–water partition coefficient (Wildman–Crippen LogP) is 3.50. The van der Waals surface area contributed by atoms with Crippen LogP contribution in [0.1, 0.15) is 50.6 Å². The van der Waals surface area contributed by atoms with Gasteiger partial charge < -0.3 is 10.3 Å². The first-order valence-corrected chi connectivity index (χ1v) is 11.9. The normalized spacial score (nSPS) is 19.2. The van der Waals surface area contributed by atoms with Crippen molar-refractivity contribution in [1.29, 1.82) is 0 Å². The van der Waals surface area contributed by atoms with Crippen molar-refractivity contribution in [2.45, 2.75) is 56.5 Å². The van der Waals surface area contributed by atoms with Gasteiger partial charge in [-0.1, -0.05) is 26.2 Å². The summed E-state index contributed by atoms with van der Waals surface area (Å²) in [5.41, 5.74) is 2.12. The minimum absolute atomic E-state index is 0.182. The zero-order valence-corrected chi connectivity index (χ0v) is 17.7. The Labute approximate surface area is 175 Å². The van der Waals surface area contributed by atoms with Crippen molar-refractivity contribution >= 4 is 32.4 Å². The van der Waals surface area contributed by atoms with Crippen LogP contribution < -0.4 is 10.9 Å². The molecule has 1 fully saturated rings. The third-order valence-corrected chi connectivity index (χ3v) is 8.21. The van der Waals surface area contributed by atoms with Gasteiger partial charge in [0.2, 0.25) is 10.0 Å². The van der Waals surface area contributed by atoms with Gasteiger partial charge in [0.05, 0.1) is 16.5 Å². The van der Waals surface area contributed by atoms with Crippen molar-refractivity contribution < 1.29 is 8.42 Å². The fourth-order valence-corrected chi connectivity index (χ4v) is 6.28. The maximum absolute atomic E-state index is 12.6. The number of nitrogens with one attached hydrogen (secondary N) is 2. The molecule has 0 spiro atoms. The molecule has 8 nitrogen and oxygen atoms in total. The molecular weight excluding hydrogens is 402 g/mol. The monoisotopic (exact) mass is 427 g/mol. The molecule has 3 aromatic rings. The van der Waals surface area contributed by atoms with E-state index < -0.39 is 10.0 Å². The highest BCUT2D eigenvalue weighted by molar-refractivity contribution is 7.89. The second kappa shape index (κ2) is 7.24. The van der Waals surface area contributed by atoms with E-state index in [0.717, 1.165) is 29.6 Å². The van der Waals surface area contributed by atoms with Crippen LogP contribution in [0.25, 0.3) is 10.9 Å². The Morgan fingerprint density at radius 1 is 1.20 bits per heavy atom. The Morgan fingerprint density at radius 3 is 2.77 bits per heavy atom. The summed E-state index contributed by atoms with van der Waals surface area (Å²) in [4.78, 5) is 15.7. The van der Waals surface area contributed by atoms with Crippen LogP contribution in [0.4, 0.5) is 11.5 Å². The van der Waals surface area contributed by atoms with E-state index in [2.05, 4.69) is 10.3 Å². The summed E-state index contributed by atoms with van der Waals surface area (Å²) in [5.74, 6) is 0.505. The second-order valence-electron chi connectivity index (χ2n) is 8.03. The van der Waals surface area contributed by atoms with Crippen LogP contribution in [0.2, 0.25) is 0 Å². The molecule has 2 N–H and O–H groups in total. The fourth-order valence-electron chi connectivity index (χ4n) is 4.66. The molecule has 1 saturated carbocycles. The fraction of sp³-hybridized carbons (Fsp3) is 0.429. The minimum Gasteiger partial charge on any atom is -0.338 e. The lowest BCUT2D eigenvalue weighted by molar-refractivity contribution is 0.338. The molecule has 0 unspecified atom stereocenters. The lowest BCUT2D eigenvalue weighted by Gasteiger charge is -2.22. The van der Waals surface area contributed by atoms with Gasteiger partial charge in [-0.2, -0.15) is 9.40 Å². The van der Waals surface area contributed by atoms with E-state index in [-0.39, 0.29) is 5.56 Å². The molecule has 2 aromatic heterocycles. The van der Waals surface area contributed by atoms with Crippen LogP contribution in [0.5, 0.6) is 0 Å². The van der Waals surface area contributed by atoms with Crippen LogP contribution in [0.3, 0.4) is 0 Å². The summed E-state index contributed by atoms with van der Waals surface area (Å²) in [7, 11) is -3.41. The molecule has 1 aliphatic carbocycles. The number of sulfonamides is 1. The van der Waals surface area contributed by atoms with Crippen LogP contribution in [-0.2, 0) is 16.6 Å². The van der Waals surface area contributed by atoms with E-state index in [1.807, 2.05) is 23.7 Å². The molecule has 1 aliphatic heterocycles. The summed E-state index contributed by atoms with van der Waals surface area (Å²) < 4.78 is 28.5. The van der Waals surface area contributed by atoms with E-state index in [0.29, 0.717) is 35.2 Å². The van der Waals surface area contributed by atoms with Crippen LogP contribution >= 0.6 is 0 Å². The van der Waals surface area contributed by atoms with Crippen molar-refractivity contribution in [3.63, 3.8) is 0 Å². The molecule has 30 heavy (non-hydrogen) atoms. The lowest BCUT2D eigenvalue weighted by Crippen LogP contribution is -2.23. The van der Waals surface area contributed by atoms with Crippen molar-refractivity contribution in [2.24, 2.45) is 0 Å². The molecule has 0 radical (unpaired) electrons. The SMILES string of the molecule is CCN1Cc2cc(Nc3nn(C4CCCCC4)c4cc[nH]c(=O)c34)ccc2S1(=O)=O. The molecule has 2 aliphatic rings. The summed E-state index contributed by atoms with van der Waals surface area (Å²) >= 11 is 0. The first-order valence-electron chi connectivity index (χ1n) is 10.5. The number of pyridine rings is 1. The molecule has 5 rings (SSSR count). The van der Waals surface area contributed by atoms with Gasteiger partial charge in [0.1, 0.15) is 5.39 Å². The van der Waals surface area contributed by atoms with Gasteiger partial charge in [0.25, 0.3) is 5.56 Å². The number of aromatic amines is 1. The molecule has 0 bridgehead atoms. The van der Waals surface area contributed by atoms with Gasteiger partial charge in [0.15, 0.2) is 5.82 Å². The zero-order valence-electron chi connectivity index (χ0n) is 16.9. The van der Waals surface area contributed by atoms with E-state index in [4.69, 9.17) is 5.10 Å². The van der Waals surface area contributed by atoms with Crippen LogP contribution in [0, 0.1) is 0 Å². The standard InChI is InChI=1S/C21H25N5O3S/c1-2-25-13-14-12-15(8-9-18(14)30(25,28)29)23-20-19-17(10-11-22-21(19)27)26(24-20)16-6-4-3-5-7-16/h8-12,16H,2-7,13H2,1H3,(H,22,27)(H,23,24). The Kier molecular flexibility index (Phi) is 4.67. The van der Waals surface area contributed by atoms with Crippen LogP contribution in [0.15, 0.2) is 40.2 Å². The maximum atomic E-state index is 12.6. The second-order valence-corrected chi connectivity index (χ2v) is 9.94. The third kappa shape index (κ3) is 3.04. The number of nitrogens with zero attached hydrogens (tertiary/aromatic N) is 3. The third-order valence-electron chi connectivity index (χ3n) is 6.19. The number of H-pyrrole nitrogens is 1. The summed E-state index contributed by atoms with van der Waals surface area (Å²) in [6.07, 6.45) is 7.37. The van der Waals surface area contributed by atoms with Crippen molar-refractivity contribution in [3.05, 3.63) is 46.4 Å². The Bertz CT molecular complexity index is 1270. The number of fused-ring (bicyclic) bond motifs is 2. The van der Waals surface area contributed by atoms with Gasteiger partial charge in [-0.05, 0) is 42.7 Å². The van der Waals surface area contributed by atoms with Crippen molar-refractivity contribution in [3.8, 4) is 0 Å². The highest BCUT2D eigenvalue weighted by Crippen LogP contribution is 2.35. The number of anilines is 2. The van der Waals surface area contributed by atoms with E-state index in [9.17, 15) is 13.2 Å². The summed E-state index contributed by atoms with van der Waals surface area (Å²) in [6.45, 7) is 2.63. The number of hydrogen-bond acceptors (Lipinski definition) is 5. The van der Waals surface area contributed by atoms with E-state index >= 15 is 0 Å². The molecule has 1 aromatic carbocycles. The molecule has 9 heteroatoms. The number of benzene rings is 1. The summed E-state index contributed by atoms with van der Waals surface area (Å²) in [6, 6.07) is 7.40. The van der Waals surface area contributed by atoms with Crippen LogP contribution in [-0.4, -0.2) is 34.0 Å². The topological polar surface area (TPSA) is 100 Å². The molecule has 0 amide bonds. The number of aromatic nitrogens is 3. The first kappa shape index (κ1) is 19.3. The molecule has 3 heterocycles.